The van der Waals surface area contributed by atoms with Crippen LogP contribution >= 0.6 is 0 Å². The third-order valence-electron chi connectivity index (χ3n) is 2.34. The van der Waals surface area contributed by atoms with Gasteiger partial charge < -0.3 is 35.6 Å². The molecular weight excluding hydrogens is 262 g/mol. The number of aliphatic hydroxyl groups excluding tert-OH is 4. The van der Waals surface area contributed by atoms with Crippen LogP contribution in [0.4, 0.5) is 0 Å². The molecule has 0 aromatic rings. The van der Waals surface area contributed by atoms with E-state index in [2.05, 4.69) is 0 Å². The Hall–Kier alpha value is -1.55. The quantitative estimate of drug-likeness (QED) is 0.238. The zero-order valence-corrected chi connectivity index (χ0v) is 9.97. The fourth-order valence-electron chi connectivity index (χ4n) is 1.23. The van der Waals surface area contributed by atoms with Crippen LogP contribution < -0.4 is 5.32 Å². The number of nitrogens with one attached hydrogen (secondary N) is 1. The average Bonchev–Trinajstić information content (AvgIpc) is 2.39. The fraction of sp³-hybridized carbons (Fsp3) is 0.700. The lowest BCUT2D eigenvalue weighted by Crippen LogP contribution is -2.53. The number of aldehydes is 1. The van der Waals surface area contributed by atoms with Gasteiger partial charge in [0.25, 0.3) is 0 Å². The maximum atomic E-state index is 11.2. The summed E-state index contributed by atoms with van der Waals surface area (Å²) in [5, 5.41) is 46.9. The highest BCUT2D eigenvalue weighted by molar-refractivity contribution is 5.83. The fourth-order valence-corrected chi connectivity index (χ4v) is 1.23. The number of carbonyl (C=O) groups is 3. The highest BCUT2D eigenvalue weighted by Gasteiger charge is 2.31. The van der Waals surface area contributed by atoms with Crippen molar-refractivity contribution >= 4 is 18.2 Å². The van der Waals surface area contributed by atoms with Gasteiger partial charge in [-0.15, -0.1) is 0 Å². The second-order valence-corrected chi connectivity index (χ2v) is 3.85. The van der Waals surface area contributed by atoms with Crippen molar-refractivity contribution in [3.63, 3.8) is 0 Å². The molecular formula is C10H17NO8. The Morgan fingerprint density at radius 1 is 1.11 bits per heavy atom. The molecule has 4 atom stereocenters. The summed E-state index contributed by atoms with van der Waals surface area (Å²) in [6.07, 6.45) is -6.04. The number of hydrogen-bond donors (Lipinski definition) is 6. The van der Waals surface area contributed by atoms with Crippen LogP contribution in [0.2, 0.25) is 0 Å². The molecule has 19 heavy (non-hydrogen) atoms. The molecule has 9 nitrogen and oxygen atoms in total. The van der Waals surface area contributed by atoms with Crippen LogP contribution in [0.25, 0.3) is 0 Å². The lowest BCUT2D eigenvalue weighted by atomic mass is 10.0. The third kappa shape index (κ3) is 6.25. The number of amides is 1. The van der Waals surface area contributed by atoms with E-state index in [9.17, 15) is 24.6 Å². The van der Waals surface area contributed by atoms with Gasteiger partial charge in [-0.05, 0) is 0 Å². The first-order chi connectivity index (χ1) is 8.83. The first kappa shape index (κ1) is 17.4. The summed E-state index contributed by atoms with van der Waals surface area (Å²) in [5.74, 6) is -2.00. The van der Waals surface area contributed by atoms with Crippen molar-refractivity contribution in [2.24, 2.45) is 0 Å². The number of rotatable bonds is 9. The standard InChI is InChI=1S/C10H17NO8/c12-3-5(9(18)10(19)6(14)4-13)11-7(15)1-2-8(16)17/h3,5-6,9-10,13-14,18-19H,1-2,4H2,(H,11,15)(H,16,17)/t5-,6+,9+,10+/m0/s1. The minimum Gasteiger partial charge on any atom is -0.481 e. The Morgan fingerprint density at radius 3 is 2.11 bits per heavy atom. The van der Waals surface area contributed by atoms with Crippen LogP contribution in [-0.2, 0) is 14.4 Å². The molecule has 0 rings (SSSR count). The van der Waals surface area contributed by atoms with Crippen molar-refractivity contribution in [1.29, 1.82) is 0 Å². The highest BCUT2D eigenvalue weighted by atomic mass is 16.4. The largest absolute Gasteiger partial charge is 0.481 e. The molecule has 6 N–H and O–H groups in total. The SMILES string of the molecule is O=C[C@H](NC(=O)CCC(=O)O)[C@@H](O)[C@H](O)[C@H](O)CO. The number of carbonyl (C=O) groups excluding carboxylic acids is 2. The predicted molar refractivity (Wildman–Crippen MR) is 60.0 cm³/mol. The summed E-state index contributed by atoms with van der Waals surface area (Å²) in [6, 6.07) is -1.52. The molecule has 0 aliphatic carbocycles. The topological polar surface area (TPSA) is 164 Å². The molecule has 0 aliphatic heterocycles. The molecule has 9 heteroatoms. The van der Waals surface area contributed by atoms with Crippen LogP contribution in [0.1, 0.15) is 12.8 Å². The van der Waals surface area contributed by atoms with Crippen molar-refractivity contribution in [1.82, 2.24) is 5.32 Å². The van der Waals surface area contributed by atoms with Gasteiger partial charge in [0.05, 0.1) is 13.0 Å². The van der Waals surface area contributed by atoms with E-state index in [1.54, 1.807) is 0 Å². The third-order valence-corrected chi connectivity index (χ3v) is 2.34. The number of aliphatic hydroxyl groups is 4. The van der Waals surface area contributed by atoms with Crippen molar-refractivity contribution in [3.05, 3.63) is 0 Å². The van der Waals surface area contributed by atoms with E-state index in [0.29, 0.717) is 0 Å². The monoisotopic (exact) mass is 279 g/mol. The van der Waals surface area contributed by atoms with E-state index < -0.39 is 55.7 Å². The summed E-state index contributed by atoms with van der Waals surface area (Å²) in [6.45, 7) is -0.837. The van der Waals surface area contributed by atoms with Crippen molar-refractivity contribution in [2.45, 2.75) is 37.2 Å². The molecule has 0 saturated heterocycles. The van der Waals surface area contributed by atoms with E-state index in [0.717, 1.165) is 0 Å². The molecule has 1 amide bonds. The first-order valence-electron chi connectivity index (χ1n) is 5.45. The second kappa shape index (κ2) is 8.53. The Balaban J connectivity index is 4.44. The average molecular weight is 279 g/mol. The Labute approximate surface area is 108 Å². The number of carboxylic acids is 1. The van der Waals surface area contributed by atoms with Gasteiger partial charge in [0.2, 0.25) is 5.91 Å². The van der Waals surface area contributed by atoms with Gasteiger partial charge in [0.15, 0.2) is 0 Å². The molecule has 0 aromatic heterocycles. The van der Waals surface area contributed by atoms with Crippen molar-refractivity contribution < 1.29 is 39.9 Å². The predicted octanol–water partition coefficient (Wildman–Crippen LogP) is -3.39. The number of aliphatic carboxylic acids is 1. The normalized spacial score (nSPS) is 17.1. The molecule has 0 fully saturated rings. The molecule has 0 unspecified atom stereocenters. The lowest BCUT2D eigenvalue weighted by molar-refractivity contribution is -0.139. The number of carboxylic acid groups (broad SMARTS) is 1. The van der Waals surface area contributed by atoms with E-state index in [1.165, 1.54) is 0 Å². The highest BCUT2D eigenvalue weighted by Crippen LogP contribution is 2.04. The van der Waals surface area contributed by atoms with E-state index in [4.69, 9.17) is 15.3 Å². The summed E-state index contributed by atoms with van der Waals surface area (Å²) >= 11 is 0. The summed E-state index contributed by atoms with van der Waals surface area (Å²) < 4.78 is 0. The second-order valence-electron chi connectivity index (χ2n) is 3.85. The minimum atomic E-state index is -1.83. The molecule has 110 valence electrons. The molecule has 0 radical (unpaired) electrons. The van der Waals surface area contributed by atoms with Crippen LogP contribution in [0, 0.1) is 0 Å². The summed E-state index contributed by atoms with van der Waals surface area (Å²) in [5.41, 5.74) is 0. The van der Waals surface area contributed by atoms with Crippen LogP contribution in [-0.4, -0.2) is 74.7 Å². The van der Waals surface area contributed by atoms with E-state index >= 15 is 0 Å². The van der Waals surface area contributed by atoms with Gasteiger partial charge >= 0.3 is 5.97 Å². The maximum Gasteiger partial charge on any atom is 0.303 e. The number of hydrogen-bond acceptors (Lipinski definition) is 7. The van der Waals surface area contributed by atoms with E-state index in [1.807, 2.05) is 5.32 Å². The van der Waals surface area contributed by atoms with Crippen LogP contribution in [0.15, 0.2) is 0 Å². The van der Waals surface area contributed by atoms with Gasteiger partial charge in [0, 0.05) is 6.42 Å². The van der Waals surface area contributed by atoms with Gasteiger partial charge in [-0.25, -0.2) is 0 Å². The Morgan fingerprint density at radius 2 is 1.68 bits per heavy atom. The zero-order valence-electron chi connectivity index (χ0n) is 9.97. The summed E-state index contributed by atoms with van der Waals surface area (Å²) in [4.78, 5) is 32.2. The van der Waals surface area contributed by atoms with Gasteiger partial charge in [-0.3, -0.25) is 9.59 Å². The first-order valence-corrected chi connectivity index (χ1v) is 5.45. The molecule has 0 aliphatic rings. The molecule has 0 spiro atoms. The van der Waals surface area contributed by atoms with Crippen LogP contribution in [0.3, 0.4) is 0 Å². The van der Waals surface area contributed by atoms with Gasteiger partial charge in [-0.1, -0.05) is 0 Å². The summed E-state index contributed by atoms with van der Waals surface area (Å²) in [7, 11) is 0. The van der Waals surface area contributed by atoms with Crippen molar-refractivity contribution in [2.75, 3.05) is 6.61 Å². The Kier molecular flexibility index (Phi) is 7.84. The maximum absolute atomic E-state index is 11.2. The Bertz CT molecular complexity index is 321. The van der Waals surface area contributed by atoms with Gasteiger partial charge in [-0.2, -0.15) is 0 Å². The zero-order chi connectivity index (χ0) is 15.0. The van der Waals surface area contributed by atoms with Gasteiger partial charge in [0.1, 0.15) is 30.6 Å². The van der Waals surface area contributed by atoms with E-state index in [-0.39, 0.29) is 6.29 Å². The van der Waals surface area contributed by atoms with Crippen molar-refractivity contribution in [3.8, 4) is 0 Å². The minimum absolute atomic E-state index is 0.136. The lowest BCUT2D eigenvalue weighted by Gasteiger charge is -2.26. The molecule has 0 aromatic carbocycles. The molecule has 0 heterocycles. The molecule has 0 bridgehead atoms. The molecule has 0 saturated carbocycles. The smallest absolute Gasteiger partial charge is 0.303 e. The van der Waals surface area contributed by atoms with Crippen LogP contribution in [0.5, 0.6) is 0 Å².